The Balaban J connectivity index is 1.60. The number of amides is 1. The maximum atomic E-state index is 12.2. The monoisotopic (exact) mass is 342 g/mol. The summed E-state index contributed by atoms with van der Waals surface area (Å²) in [6.07, 6.45) is 1.52. The smallest absolute Gasteiger partial charge is 0.246 e. The van der Waals surface area contributed by atoms with Gasteiger partial charge in [0, 0.05) is 16.4 Å². The average Bonchev–Trinajstić information content (AvgIpc) is 3.12. The van der Waals surface area contributed by atoms with Crippen molar-refractivity contribution in [3.05, 3.63) is 59.9 Å². The molecule has 3 aromatic rings. The molecule has 0 aliphatic heterocycles. The Bertz CT molecular complexity index is 802. The van der Waals surface area contributed by atoms with Gasteiger partial charge in [-0.2, -0.15) is 0 Å². The van der Waals surface area contributed by atoms with E-state index in [4.69, 9.17) is 11.6 Å². The minimum Gasteiger partial charge on any atom is -0.374 e. The van der Waals surface area contributed by atoms with E-state index in [1.807, 2.05) is 24.3 Å². The molecule has 1 aromatic heterocycles. The zero-order valence-corrected chi connectivity index (χ0v) is 13.6. The Hall–Kier alpha value is -2.93. The van der Waals surface area contributed by atoms with Gasteiger partial charge in [0.2, 0.25) is 5.91 Å². The molecule has 8 heteroatoms. The van der Waals surface area contributed by atoms with E-state index in [-0.39, 0.29) is 5.91 Å². The Morgan fingerprint density at radius 3 is 2.38 bits per heavy atom. The number of hydrogen-bond donors (Lipinski definition) is 2. The van der Waals surface area contributed by atoms with Gasteiger partial charge in [-0.15, -0.1) is 5.10 Å². The summed E-state index contributed by atoms with van der Waals surface area (Å²) in [7, 11) is 0. The third-order valence-electron chi connectivity index (χ3n) is 3.37. The summed E-state index contributed by atoms with van der Waals surface area (Å²) in [6.45, 7) is 1.79. The van der Waals surface area contributed by atoms with Crippen LogP contribution in [-0.4, -0.2) is 32.2 Å². The van der Waals surface area contributed by atoms with Crippen molar-refractivity contribution in [2.75, 3.05) is 10.6 Å². The lowest BCUT2D eigenvalue weighted by Crippen LogP contribution is -2.31. The number of aromatic nitrogens is 4. The second kappa shape index (κ2) is 7.10. The number of rotatable bonds is 5. The van der Waals surface area contributed by atoms with Crippen LogP contribution >= 0.6 is 11.6 Å². The first-order chi connectivity index (χ1) is 11.6. The van der Waals surface area contributed by atoms with E-state index >= 15 is 0 Å². The highest BCUT2D eigenvalue weighted by Gasteiger charge is 2.13. The number of anilines is 2. The second-order valence-corrected chi connectivity index (χ2v) is 5.60. The molecule has 24 heavy (non-hydrogen) atoms. The third-order valence-corrected chi connectivity index (χ3v) is 3.62. The molecule has 0 saturated carbocycles. The summed E-state index contributed by atoms with van der Waals surface area (Å²) in [6, 6.07) is 14.0. The van der Waals surface area contributed by atoms with Gasteiger partial charge in [0.25, 0.3) is 0 Å². The maximum Gasteiger partial charge on any atom is 0.246 e. The van der Waals surface area contributed by atoms with E-state index in [1.54, 1.807) is 35.9 Å². The Morgan fingerprint density at radius 1 is 1.08 bits per heavy atom. The van der Waals surface area contributed by atoms with Crippen molar-refractivity contribution < 1.29 is 4.79 Å². The molecule has 0 bridgehead atoms. The molecule has 1 atom stereocenters. The molecule has 0 aliphatic rings. The van der Waals surface area contributed by atoms with Gasteiger partial charge in [-0.3, -0.25) is 4.79 Å². The fourth-order valence-corrected chi connectivity index (χ4v) is 2.22. The lowest BCUT2D eigenvalue weighted by molar-refractivity contribution is -0.116. The normalized spacial score (nSPS) is 11.8. The summed E-state index contributed by atoms with van der Waals surface area (Å²) in [5.41, 5.74) is 2.36. The number of nitrogens with zero attached hydrogens (tertiary/aromatic N) is 4. The molecule has 0 fully saturated rings. The maximum absolute atomic E-state index is 12.2. The number of carbonyl (C=O) groups is 1. The molecule has 1 heterocycles. The molecular weight excluding hydrogens is 328 g/mol. The number of hydrogen-bond acceptors (Lipinski definition) is 5. The van der Waals surface area contributed by atoms with E-state index in [1.165, 1.54) is 6.33 Å². The summed E-state index contributed by atoms with van der Waals surface area (Å²) in [5, 5.41) is 17.6. The molecule has 0 radical (unpaired) electrons. The Labute approximate surface area is 143 Å². The van der Waals surface area contributed by atoms with Crippen molar-refractivity contribution >= 4 is 28.9 Å². The predicted octanol–water partition coefficient (Wildman–Crippen LogP) is 2.75. The van der Waals surface area contributed by atoms with Gasteiger partial charge in [-0.05, 0) is 65.9 Å². The van der Waals surface area contributed by atoms with E-state index < -0.39 is 6.04 Å². The largest absolute Gasteiger partial charge is 0.374 e. The topological polar surface area (TPSA) is 84.7 Å². The van der Waals surface area contributed by atoms with Crippen LogP contribution in [0.15, 0.2) is 54.9 Å². The van der Waals surface area contributed by atoms with E-state index in [2.05, 4.69) is 26.2 Å². The standard InChI is InChI=1S/C16H15ClN6O/c1-11(16(24)20-14-4-2-12(17)3-5-14)19-13-6-8-15(9-7-13)23-10-18-21-22-23/h2-11,19H,1H3,(H,20,24)/t11-/m0/s1. The third kappa shape index (κ3) is 3.88. The molecule has 3 rings (SSSR count). The Kier molecular flexibility index (Phi) is 4.72. The van der Waals surface area contributed by atoms with Crippen LogP contribution < -0.4 is 10.6 Å². The van der Waals surface area contributed by atoms with Crippen molar-refractivity contribution in [2.24, 2.45) is 0 Å². The molecule has 7 nitrogen and oxygen atoms in total. The van der Waals surface area contributed by atoms with Gasteiger partial charge in [0.15, 0.2) is 0 Å². The molecular formula is C16H15ClN6O. The van der Waals surface area contributed by atoms with Gasteiger partial charge in [-0.1, -0.05) is 11.6 Å². The van der Waals surface area contributed by atoms with Gasteiger partial charge in [-0.25, -0.2) is 4.68 Å². The highest BCUT2D eigenvalue weighted by Crippen LogP contribution is 2.15. The highest BCUT2D eigenvalue weighted by atomic mass is 35.5. The number of tetrazole rings is 1. The molecule has 1 amide bonds. The van der Waals surface area contributed by atoms with Crippen LogP contribution in [0.25, 0.3) is 5.69 Å². The summed E-state index contributed by atoms with van der Waals surface area (Å²) >= 11 is 5.83. The first kappa shape index (κ1) is 15.9. The van der Waals surface area contributed by atoms with Crippen molar-refractivity contribution in [1.29, 1.82) is 0 Å². The van der Waals surface area contributed by atoms with Crippen LogP contribution in [0.1, 0.15) is 6.92 Å². The van der Waals surface area contributed by atoms with E-state index in [0.717, 1.165) is 11.4 Å². The van der Waals surface area contributed by atoms with Crippen molar-refractivity contribution in [3.63, 3.8) is 0 Å². The van der Waals surface area contributed by atoms with Crippen LogP contribution in [0.5, 0.6) is 0 Å². The van der Waals surface area contributed by atoms with Gasteiger partial charge >= 0.3 is 0 Å². The van der Waals surface area contributed by atoms with Crippen LogP contribution in [0.2, 0.25) is 5.02 Å². The second-order valence-electron chi connectivity index (χ2n) is 5.16. The molecule has 0 aliphatic carbocycles. The fraction of sp³-hybridized carbons (Fsp3) is 0.125. The quantitative estimate of drug-likeness (QED) is 0.744. The minimum atomic E-state index is -0.403. The summed E-state index contributed by atoms with van der Waals surface area (Å²) in [4.78, 5) is 12.2. The van der Waals surface area contributed by atoms with Crippen molar-refractivity contribution in [3.8, 4) is 5.69 Å². The molecule has 0 spiro atoms. The van der Waals surface area contributed by atoms with Crippen molar-refractivity contribution in [1.82, 2.24) is 20.2 Å². The summed E-state index contributed by atoms with van der Waals surface area (Å²) < 4.78 is 1.56. The van der Waals surface area contributed by atoms with E-state index in [0.29, 0.717) is 10.7 Å². The lowest BCUT2D eigenvalue weighted by Gasteiger charge is -2.15. The summed E-state index contributed by atoms with van der Waals surface area (Å²) in [5.74, 6) is -0.137. The highest BCUT2D eigenvalue weighted by molar-refractivity contribution is 6.30. The van der Waals surface area contributed by atoms with Gasteiger partial charge < -0.3 is 10.6 Å². The lowest BCUT2D eigenvalue weighted by atomic mass is 10.2. The molecule has 2 N–H and O–H groups in total. The zero-order chi connectivity index (χ0) is 16.9. The van der Waals surface area contributed by atoms with Crippen LogP contribution in [0, 0.1) is 0 Å². The fourth-order valence-electron chi connectivity index (χ4n) is 2.09. The zero-order valence-electron chi connectivity index (χ0n) is 12.8. The average molecular weight is 343 g/mol. The SMILES string of the molecule is C[C@H](Nc1ccc(-n2cnnn2)cc1)C(=O)Nc1ccc(Cl)cc1. The van der Waals surface area contributed by atoms with Crippen LogP contribution in [-0.2, 0) is 4.79 Å². The first-order valence-electron chi connectivity index (χ1n) is 7.28. The molecule has 0 saturated heterocycles. The number of halogens is 1. The van der Waals surface area contributed by atoms with Gasteiger partial charge in [0.1, 0.15) is 12.4 Å². The Morgan fingerprint density at radius 2 is 1.75 bits per heavy atom. The number of carbonyl (C=O) groups excluding carboxylic acids is 1. The van der Waals surface area contributed by atoms with Crippen molar-refractivity contribution in [2.45, 2.75) is 13.0 Å². The van der Waals surface area contributed by atoms with Crippen LogP contribution in [0.4, 0.5) is 11.4 Å². The number of nitrogens with one attached hydrogen (secondary N) is 2. The van der Waals surface area contributed by atoms with E-state index in [9.17, 15) is 4.79 Å². The predicted molar refractivity (Wildman–Crippen MR) is 92.3 cm³/mol. The molecule has 122 valence electrons. The number of benzene rings is 2. The van der Waals surface area contributed by atoms with Gasteiger partial charge in [0.05, 0.1) is 5.69 Å². The minimum absolute atomic E-state index is 0.137. The first-order valence-corrected chi connectivity index (χ1v) is 7.66. The van der Waals surface area contributed by atoms with Crippen LogP contribution in [0.3, 0.4) is 0 Å². The molecule has 2 aromatic carbocycles. The molecule has 0 unspecified atom stereocenters.